The molecule has 0 aliphatic heterocycles. The Hall–Kier alpha value is -2.84. The molecule has 0 saturated carbocycles. The zero-order valence-corrected chi connectivity index (χ0v) is 59.3. The average Bonchev–Trinajstić information content (AvgIpc) is 3.70. The third-order valence-electron chi connectivity index (χ3n) is 16.5. The van der Waals surface area contributed by atoms with Gasteiger partial charge in [-0.15, -0.1) is 0 Å². The molecule has 8 nitrogen and oxygen atoms in total. The summed E-state index contributed by atoms with van der Waals surface area (Å²) in [5.41, 5.74) is 0. The van der Waals surface area contributed by atoms with Gasteiger partial charge in [0, 0.05) is 6.42 Å². The Morgan fingerprint density at radius 3 is 1.00 bits per heavy atom. The minimum Gasteiger partial charge on any atom is -0.387 e. The standard InChI is InChI=1S/C79H143N2O6P/c1-6-8-10-12-14-16-18-20-22-24-26-28-30-32-34-36-37-38-39-40-41-42-43-45-47-49-51-53-55-57-59-61-63-65-67-69-71-73-79(83)80-77(76-87-88(84,85)86-75-74-81(3,4)5)78(82)72-70-68-66-64-62-60-58-56-54-52-50-48-46-44-35-33-31-29-27-25-23-21-19-17-15-13-11-9-7-2/h8,10,14,16,20,22,26,28,32,34,37-38,40-41,43,45,70,72,77-78,82H,6-7,9,11-13,15,17-19,21,23-25,27,29-31,33,35-36,39,42,44,46-69,71,73-76H2,1-5H3,(H-,80,83,84,85)/p+1/b10-8-,16-14-,22-20-,28-26-,34-32-,38-37-,41-40-,45-43-,72-70+. The van der Waals surface area contributed by atoms with Gasteiger partial charge in [-0.2, -0.15) is 0 Å². The summed E-state index contributed by atoms with van der Waals surface area (Å²) in [6.07, 6.45) is 101. The maximum Gasteiger partial charge on any atom is 0.472 e. The van der Waals surface area contributed by atoms with E-state index >= 15 is 0 Å². The fourth-order valence-electron chi connectivity index (χ4n) is 10.8. The number of amides is 1. The van der Waals surface area contributed by atoms with Crippen LogP contribution in [0.25, 0.3) is 0 Å². The first-order chi connectivity index (χ1) is 43.0. The van der Waals surface area contributed by atoms with Crippen LogP contribution in [-0.4, -0.2) is 73.4 Å². The lowest BCUT2D eigenvalue weighted by atomic mass is 10.0. The minimum absolute atomic E-state index is 0.0578. The third kappa shape index (κ3) is 70.6. The minimum atomic E-state index is -4.36. The Morgan fingerprint density at radius 2 is 0.682 bits per heavy atom. The first-order valence-corrected chi connectivity index (χ1v) is 38.8. The van der Waals surface area contributed by atoms with Crippen molar-refractivity contribution >= 4 is 13.7 Å². The van der Waals surface area contributed by atoms with E-state index in [2.05, 4.69) is 116 Å². The lowest BCUT2D eigenvalue weighted by Gasteiger charge is -2.25. The van der Waals surface area contributed by atoms with Crippen LogP contribution in [0.2, 0.25) is 0 Å². The van der Waals surface area contributed by atoms with Crippen molar-refractivity contribution in [2.45, 2.75) is 347 Å². The number of carbonyl (C=O) groups excluding carboxylic acids is 1. The molecule has 0 aliphatic carbocycles. The van der Waals surface area contributed by atoms with Crippen LogP contribution in [-0.2, 0) is 18.4 Å². The van der Waals surface area contributed by atoms with Crippen molar-refractivity contribution in [2.24, 2.45) is 0 Å². The van der Waals surface area contributed by atoms with Crippen molar-refractivity contribution in [2.75, 3.05) is 40.9 Å². The Morgan fingerprint density at radius 1 is 0.398 bits per heavy atom. The molecule has 0 saturated heterocycles. The van der Waals surface area contributed by atoms with Gasteiger partial charge in [0.25, 0.3) is 0 Å². The molecule has 9 heteroatoms. The monoisotopic (exact) mass is 1250 g/mol. The van der Waals surface area contributed by atoms with Gasteiger partial charge in [0.2, 0.25) is 5.91 Å². The van der Waals surface area contributed by atoms with Crippen LogP contribution in [0.4, 0.5) is 0 Å². The van der Waals surface area contributed by atoms with E-state index in [1.54, 1.807) is 6.08 Å². The Bertz CT molecular complexity index is 1810. The second kappa shape index (κ2) is 68.5. The zero-order chi connectivity index (χ0) is 64.1. The molecule has 3 unspecified atom stereocenters. The van der Waals surface area contributed by atoms with Crippen molar-refractivity contribution in [3.63, 3.8) is 0 Å². The third-order valence-corrected chi connectivity index (χ3v) is 17.5. The molecule has 0 aromatic heterocycles. The summed E-state index contributed by atoms with van der Waals surface area (Å²) in [4.78, 5) is 23.5. The van der Waals surface area contributed by atoms with E-state index < -0.39 is 20.0 Å². The number of likely N-dealkylation sites (N-methyl/N-ethyl adjacent to an activating group) is 1. The predicted molar refractivity (Wildman–Crippen MR) is 387 cm³/mol. The lowest BCUT2D eigenvalue weighted by Crippen LogP contribution is -2.45. The van der Waals surface area contributed by atoms with Gasteiger partial charge in [0.15, 0.2) is 0 Å². The van der Waals surface area contributed by atoms with Crippen LogP contribution in [0, 0.1) is 0 Å². The molecule has 3 N–H and O–H groups in total. The number of phosphoric ester groups is 1. The number of quaternary nitrogens is 1. The van der Waals surface area contributed by atoms with Gasteiger partial charge < -0.3 is 19.8 Å². The second-order valence-electron chi connectivity index (χ2n) is 26.3. The first-order valence-electron chi connectivity index (χ1n) is 37.3. The number of nitrogens with zero attached hydrogens (tertiary/aromatic N) is 1. The van der Waals surface area contributed by atoms with E-state index in [9.17, 15) is 19.4 Å². The SMILES string of the molecule is CC/C=C\C/C=C\C/C=C\C/C=C\C/C=C\C/C=C\C/C=C\C/C=C\CCCCCCCCCCCCCCC(=O)NC(COP(=O)(O)OCC[N+](C)(C)C)C(O)/C=C/CCCCCCCCCCCCCCCCCCCCCCCCCCCCC. The molecule has 1 amide bonds. The van der Waals surface area contributed by atoms with E-state index in [1.807, 2.05) is 27.2 Å². The normalized spacial score (nSPS) is 14.2. The molecule has 0 aromatic carbocycles. The summed E-state index contributed by atoms with van der Waals surface area (Å²) in [6, 6.07) is -0.856. The number of carbonyl (C=O) groups is 1. The fraction of sp³-hybridized carbons (Fsp3) is 0.759. The molecule has 0 fully saturated rings. The highest BCUT2D eigenvalue weighted by molar-refractivity contribution is 7.47. The molecular formula is C79H144N2O6P+. The largest absolute Gasteiger partial charge is 0.472 e. The number of nitrogens with one attached hydrogen (secondary N) is 1. The number of hydrogen-bond donors (Lipinski definition) is 3. The molecule has 0 bridgehead atoms. The highest BCUT2D eigenvalue weighted by atomic mass is 31.2. The van der Waals surface area contributed by atoms with Crippen molar-refractivity contribution in [1.29, 1.82) is 0 Å². The maximum atomic E-state index is 13.1. The van der Waals surface area contributed by atoms with Crippen LogP contribution in [0.5, 0.6) is 0 Å². The summed E-state index contributed by atoms with van der Waals surface area (Å²) in [7, 11) is 1.57. The second-order valence-corrected chi connectivity index (χ2v) is 27.7. The zero-order valence-electron chi connectivity index (χ0n) is 58.4. The average molecular weight is 1250 g/mol. The van der Waals surface area contributed by atoms with E-state index in [0.29, 0.717) is 17.4 Å². The van der Waals surface area contributed by atoms with E-state index in [4.69, 9.17) is 9.05 Å². The van der Waals surface area contributed by atoms with Crippen LogP contribution in [0.15, 0.2) is 109 Å². The number of unbranched alkanes of at least 4 members (excludes halogenated alkanes) is 39. The molecule has 0 radical (unpaired) electrons. The maximum absolute atomic E-state index is 13.1. The number of phosphoric acid groups is 1. The highest BCUT2D eigenvalue weighted by Gasteiger charge is 2.28. The van der Waals surface area contributed by atoms with Crippen molar-refractivity contribution in [3.05, 3.63) is 109 Å². The van der Waals surface area contributed by atoms with Crippen LogP contribution in [0.3, 0.4) is 0 Å². The summed E-state index contributed by atoms with van der Waals surface area (Å²) >= 11 is 0. The van der Waals surface area contributed by atoms with Gasteiger partial charge in [-0.1, -0.05) is 354 Å². The van der Waals surface area contributed by atoms with Gasteiger partial charge in [0.05, 0.1) is 39.9 Å². The number of aliphatic hydroxyl groups is 1. The van der Waals surface area contributed by atoms with Crippen LogP contribution < -0.4 is 5.32 Å². The molecule has 0 heterocycles. The highest BCUT2D eigenvalue weighted by Crippen LogP contribution is 2.43. The quantitative estimate of drug-likeness (QED) is 0.0243. The van der Waals surface area contributed by atoms with Crippen LogP contribution >= 0.6 is 7.82 Å². The van der Waals surface area contributed by atoms with Crippen molar-refractivity contribution in [1.82, 2.24) is 5.32 Å². The molecule has 88 heavy (non-hydrogen) atoms. The number of hydrogen-bond acceptors (Lipinski definition) is 5. The van der Waals surface area contributed by atoms with Crippen molar-refractivity contribution < 1.29 is 32.9 Å². The molecular weight excluding hydrogens is 1100 g/mol. The summed E-state index contributed by atoms with van der Waals surface area (Å²) < 4.78 is 23.9. The summed E-state index contributed by atoms with van der Waals surface area (Å²) in [5, 5.41) is 14.0. The molecule has 510 valence electrons. The molecule has 0 aromatic rings. The topological polar surface area (TPSA) is 105 Å². The van der Waals surface area contributed by atoms with Gasteiger partial charge in [0.1, 0.15) is 13.2 Å². The molecule has 3 atom stereocenters. The van der Waals surface area contributed by atoms with E-state index in [0.717, 1.165) is 89.9 Å². The lowest BCUT2D eigenvalue weighted by molar-refractivity contribution is -0.870. The predicted octanol–water partition coefficient (Wildman–Crippen LogP) is 24.2. The Balaban J connectivity index is 4.07. The number of aliphatic hydroxyl groups excluding tert-OH is 1. The first kappa shape index (κ1) is 85.2. The molecule has 0 rings (SSSR count). The Labute approximate surface area is 546 Å². The smallest absolute Gasteiger partial charge is 0.387 e. The number of rotatable bonds is 68. The number of allylic oxidation sites excluding steroid dienone is 17. The van der Waals surface area contributed by atoms with Gasteiger partial charge in [-0.05, 0) is 83.5 Å². The van der Waals surface area contributed by atoms with Gasteiger partial charge in [-0.25, -0.2) is 4.57 Å². The van der Waals surface area contributed by atoms with Crippen molar-refractivity contribution in [3.8, 4) is 0 Å². The van der Waals surface area contributed by atoms with Crippen LogP contribution in [0.1, 0.15) is 335 Å². The Kier molecular flexibility index (Phi) is 66.3. The fourth-order valence-corrected chi connectivity index (χ4v) is 11.5. The summed E-state index contributed by atoms with van der Waals surface area (Å²) in [5.74, 6) is -0.179. The molecule has 0 spiro atoms. The van der Waals surface area contributed by atoms with Gasteiger partial charge >= 0.3 is 7.82 Å². The summed E-state index contributed by atoms with van der Waals surface area (Å²) in [6.45, 7) is 4.73. The molecule has 0 aliphatic rings. The van der Waals surface area contributed by atoms with Gasteiger partial charge in [-0.3, -0.25) is 13.8 Å². The van der Waals surface area contributed by atoms with E-state index in [-0.39, 0.29) is 19.1 Å². The van der Waals surface area contributed by atoms with E-state index in [1.165, 1.54) is 225 Å².